The van der Waals surface area contributed by atoms with Gasteiger partial charge in [-0.25, -0.2) is 8.42 Å². The van der Waals surface area contributed by atoms with Crippen LogP contribution in [0.4, 0.5) is 0 Å². The molecule has 0 aliphatic carbocycles. The Kier molecular flexibility index (Phi) is 5.49. The van der Waals surface area contributed by atoms with E-state index in [-0.39, 0.29) is 23.3 Å². The van der Waals surface area contributed by atoms with Crippen molar-refractivity contribution >= 4 is 15.7 Å². The number of sulfone groups is 1. The van der Waals surface area contributed by atoms with Crippen molar-refractivity contribution in [3.8, 4) is 0 Å². The molecule has 138 valence electrons. The zero-order valence-corrected chi connectivity index (χ0v) is 16.0. The van der Waals surface area contributed by atoms with Crippen molar-refractivity contribution in [2.75, 3.05) is 37.7 Å². The van der Waals surface area contributed by atoms with E-state index >= 15 is 0 Å². The van der Waals surface area contributed by atoms with E-state index in [1.54, 1.807) is 0 Å². The van der Waals surface area contributed by atoms with Crippen LogP contribution >= 0.6 is 0 Å². The summed E-state index contributed by atoms with van der Waals surface area (Å²) >= 11 is 0. The van der Waals surface area contributed by atoms with E-state index in [1.807, 2.05) is 4.90 Å². The second-order valence-corrected chi connectivity index (χ2v) is 9.83. The highest BCUT2D eigenvalue weighted by atomic mass is 32.2. The van der Waals surface area contributed by atoms with Gasteiger partial charge in [0.25, 0.3) is 0 Å². The van der Waals surface area contributed by atoms with E-state index in [0.29, 0.717) is 25.4 Å². The average Bonchev–Trinajstić information content (AvgIpc) is 2.95. The number of piperazine rings is 1. The number of amides is 1. The van der Waals surface area contributed by atoms with Crippen molar-refractivity contribution in [2.45, 2.75) is 32.7 Å². The highest BCUT2D eigenvalue weighted by Gasteiger charge is 2.36. The minimum absolute atomic E-state index is 0.0296. The number of benzene rings is 1. The molecule has 2 aliphatic rings. The first-order chi connectivity index (χ1) is 11.8. The molecule has 2 saturated heterocycles. The summed E-state index contributed by atoms with van der Waals surface area (Å²) in [7, 11) is -3.00. The number of hydrogen-bond donors (Lipinski definition) is 0. The highest BCUT2D eigenvalue weighted by molar-refractivity contribution is 7.91. The van der Waals surface area contributed by atoms with Crippen LogP contribution < -0.4 is 0 Å². The van der Waals surface area contributed by atoms with Crippen LogP contribution in [0.3, 0.4) is 0 Å². The average molecular weight is 365 g/mol. The summed E-state index contributed by atoms with van der Waals surface area (Å²) in [5.41, 5.74) is 2.65. The molecule has 1 aromatic rings. The van der Waals surface area contributed by atoms with Crippen molar-refractivity contribution in [1.29, 1.82) is 0 Å². The van der Waals surface area contributed by atoms with E-state index in [0.717, 1.165) is 19.6 Å². The van der Waals surface area contributed by atoms with E-state index in [9.17, 15) is 13.2 Å². The van der Waals surface area contributed by atoms with Crippen molar-refractivity contribution in [2.24, 2.45) is 5.92 Å². The maximum absolute atomic E-state index is 12.5. The van der Waals surface area contributed by atoms with Crippen LogP contribution in [-0.4, -0.2) is 61.8 Å². The molecule has 5 nitrogen and oxygen atoms in total. The van der Waals surface area contributed by atoms with Gasteiger partial charge in [0.2, 0.25) is 5.91 Å². The summed E-state index contributed by atoms with van der Waals surface area (Å²) in [4.78, 5) is 16.7. The third kappa shape index (κ3) is 4.61. The number of rotatable bonds is 4. The Bertz CT molecular complexity index is 705. The van der Waals surface area contributed by atoms with E-state index in [4.69, 9.17) is 0 Å². The molecular weight excluding hydrogens is 336 g/mol. The normalized spacial score (nSPS) is 24.0. The van der Waals surface area contributed by atoms with Gasteiger partial charge in [0.1, 0.15) is 0 Å². The molecule has 2 fully saturated rings. The van der Waals surface area contributed by atoms with Gasteiger partial charge in [-0.15, -0.1) is 0 Å². The zero-order valence-electron chi connectivity index (χ0n) is 15.1. The summed E-state index contributed by atoms with van der Waals surface area (Å²) in [6, 6.07) is 8.77. The maximum atomic E-state index is 12.5. The summed E-state index contributed by atoms with van der Waals surface area (Å²) in [5.74, 6) is 0.453. The molecule has 0 spiro atoms. The lowest BCUT2D eigenvalue weighted by Gasteiger charge is -2.35. The first-order valence-electron chi connectivity index (χ1n) is 9.14. The first kappa shape index (κ1) is 18.4. The molecule has 0 unspecified atom stereocenters. The van der Waals surface area contributed by atoms with Gasteiger partial charge >= 0.3 is 0 Å². The van der Waals surface area contributed by atoms with Crippen LogP contribution in [0, 0.1) is 5.92 Å². The molecule has 3 rings (SSSR count). The Labute approximate surface area is 150 Å². The van der Waals surface area contributed by atoms with Crippen LogP contribution in [0.2, 0.25) is 0 Å². The van der Waals surface area contributed by atoms with Crippen molar-refractivity contribution in [3.63, 3.8) is 0 Å². The van der Waals surface area contributed by atoms with Crippen LogP contribution in [0.1, 0.15) is 37.3 Å². The molecule has 0 bridgehead atoms. The van der Waals surface area contributed by atoms with Gasteiger partial charge in [-0.1, -0.05) is 38.1 Å². The maximum Gasteiger partial charge on any atom is 0.226 e. The largest absolute Gasteiger partial charge is 0.340 e. The standard InChI is InChI=1S/C19H28N2O3S/c1-15(2)17-5-3-16(4-6-17)13-20-8-10-21(11-9-20)19(22)18-7-12-25(23,24)14-18/h3-6,15,18H,7-14H2,1-2H3/t18-/m1/s1. The molecule has 25 heavy (non-hydrogen) atoms. The fourth-order valence-electron chi connectivity index (χ4n) is 3.64. The van der Waals surface area contributed by atoms with Crippen molar-refractivity contribution < 1.29 is 13.2 Å². The molecule has 0 radical (unpaired) electrons. The monoisotopic (exact) mass is 364 g/mol. The summed E-state index contributed by atoms with van der Waals surface area (Å²) < 4.78 is 23.1. The van der Waals surface area contributed by atoms with Crippen molar-refractivity contribution in [1.82, 2.24) is 9.80 Å². The van der Waals surface area contributed by atoms with E-state index in [1.165, 1.54) is 11.1 Å². The molecule has 2 aliphatic heterocycles. The smallest absolute Gasteiger partial charge is 0.226 e. The van der Waals surface area contributed by atoms with E-state index < -0.39 is 9.84 Å². The molecule has 0 saturated carbocycles. The van der Waals surface area contributed by atoms with Gasteiger partial charge in [0.15, 0.2) is 9.84 Å². The molecule has 0 N–H and O–H groups in total. The lowest BCUT2D eigenvalue weighted by Crippen LogP contribution is -2.50. The third-order valence-electron chi connectivity index (χ3n) is 5.32. The number of nitrogens with zero attached hydrogens (tertiary/aromatic N) is 2. The Hall–Kier alpha value is -1.40. The predicted octanol–water partition coefficient (Wildman–Crippen LogP) is 1.89. The zero-order chi connectivity index (χ0) is 18.0. The quantitative estimate of drug-likeness (QED) is 0.819. The Morgan fingerprint density at radius 3 is 2.28 bits per heavy atom. The van der Waals surface area contributed by atoms with Gasteiger partial charge in [-0.2, -0.15) is 0 Å². The van der Waals surface area contributed by atoms with Crippen LogP contribution in [0.15, 0.2) is 24.3 Å². The Morgan fingerprint density at radius 1 is 1.12 bits per heavy atom. The molecule has 1 aromatic carbocycles. The molecular formula is C19H28N2O3S. The Balaban J connectivity index is 1.49. The molecule has 6 heteroatoms. The summed E-state index contributed by atoms with van der Waals surface area (Å²) in [6.45, 7) is 8.37. The number of carbonyl (C=O) groups is 1. The van der Waals surface area contributed by atoms with Crippen LogP contribution in [0.25, 0.3) is 0 Å². The Morgan fingerprint density at radius 2 is 1.76 bits per heavy atom. The number of carbonyl (C=O) groups excluding carboxylic acids is 1. The fourth-order valence-corrected chi connectivity index (χ4v) is 5.37. The second-order valence-electron chi connectivity index (χ2n) is 7.60. The molecule has 1 amide bonds. The predicted molar refractivity (Wildman–Crippen MR) is 99.1 cm³/mol. The van der Waals surface area contributed by atoms with Gasteiger partial charge in [0, 0.05) is 32.7 Å². The van der Waals surface area contributed by atoms with Gasteiger partial charge < -0.3 is 4.90 Å². The second kappa shape index (κ2) is 7.46. The lowest BCUT2D eigenvalue weighted by molar-refractivity contribution is -0.136. The van der Waals surface area contributed by atoms with Crippen LogP contribution in [-0.2, 0) is 21.2 Å². The topological polar surface area (TPSA) is 57.7 Å². The molecule has 0 aromatic heterocycles. The van der Waals surface area contributed by atoms with Crippen molar-refractivity contribution in [3.05, 3.63) is 35.4 Å². The molecule has 1 atom stereocenters. The minimum atomic E-state index is -3.00. The van der Waals surface area contributed by atoms with Gasteiger partial charge in [-0.3, -0.25) is 9.69 Å². The fraction of sp³-hybridized carbons (Fsp3) is 0.632. The third-order valence-corrected chi connectivity index (χ3v) is 7.09. The molecule has 2 heterocycles. The highest BCUT2D eigenvalue weighted by Crippen LogP contribution is 2.22. The number of hydrogen-bond acceptors (Lipinski definition) is 4. The van der Waals surface area contributed by atoms with Gasteiger partial charge in [-0.05, 0) is 23.5 Å². The van der Waals surface area contributed by atoms with Crippen LogP contribution in [0.5, 0.6) is 0 Å². The minimum Gasteiger partial charge on any atom is -0.340 e. The SMILES string of the molecule is CC(C)c1ccc(CN2CCN(C(=O)[C@@H]3CCS(=O)(=O)C3)CC2)cc1. The van der Waals surface area contributed by atoms with Gasteiger partial charge in [0.05, 0.1) is 17.4 Å². The lowest BCUT2D eigenvalue weighted by atomic mass is 10.0. The summed E-state index contributed by atoms with van der Waals surface area (Å²) in [5, 5.41) is 0. The first-order valence-corrected chi connectivity index (χ1v) is 11.0. The summed E-state index contributed by atoms with van der Waals surface area (Å²) in [6.07, 6.45) is 0.490. The van der Waals surface area contributed by atoms with E-state index in [2.05, 4.69) is 43.0 Å².